The van der Waals surface area contributed by atoms with Gasteiger partial charge in [0.2, 0.25) is 17.3 Å². The van der Waals surface area contributed by atoms with Crippen LogP contribution >= 0.6 is 0 Å². The molecule has 3 aromatic carbocycles. The van der Waals surface area contributed by atoms with Crippen LogP contribution in [0, 0.1) is 0 Å². The van der Waals surface area contributed by atoms with E-state index in [-0.39, 0.29) is 50.4 Å². The van der Waals surface area contributed by atoms with Crippen LogP contribution in [0.1, 0.15) is 0 Å². The van der Waals surface area contributed by atoms with E-state index in [1.54, 1.807) is 0 Å². The van der Waals surface area contributed by atoms with Crippen molar-refractivity contribution in [3.63, 3.8) is 0 Å². The van der Waals surface area contributed by atoms with Crippen LogP contribution in [0.3, 0.4) is 0 Å². The number of hydrogen-bond acceptors (Lipinski definition) is 9. The molecule has 0 saturated carbocycles. The number of hydrogen-bond donors (Lipinski definition) is 3. The summed E-state index contributed by atoms with van der Waals surface area (Å²) < 4.78 is 104. The number of rotatable bonds is 3. The summed E-state index contributed by atoms with van der Waals surface area (Å²) in [6, 6.07) is 11.0. The zero-order valence-electron chi connectivity index (χ0n) is 18.9. The lowest BCUT2D eigenvalue weighted by Gasteiger charge is -2.06. The highest BCUT2D eigenvalue weighted by Crippen LogP contribution is 2.31. The van der Waals surface area contributed by atoms with Crippen LogP contribution in [0.25, 0.3) is 50.4 Å². The molecule has 0 radical (unpaired) electrons. The molecule has 0 amide bonds. The highest BCUT2D eigenvalue weighted by molar-refractivity contribution is 7.86. The molecule has 0 bridgehead atoms. The summed E-state index contributed by atoms with van der Waals surface area (Å²) in [6.07, 6.45) is 0. The van der Waals surface area contributed by atoms with Gasteiger partial charge in [-0.1, -0.05) is 0 Å². The topological polar surface area (TPSA) is 215 Å². The monoisotopic (exact) mass is 588 g/mol. The van der Waals surface area contributed by atoms with Crippen molar-refractivity contribution in [2.45, 2.75) is 14.7 Å². The molecule has 0 aliphatic heterocycles. The summed E-state index contributed by atoms with van der Waals surface area (Å²) in [6.45, 7) is 0. The van der Waals surface area contributed by atoms with Crippen LogP contribution in [0.2, 0.25) is 0 Å². The van der Waals surface area contributed by atoms with Crippen molar-refractivity contribution in [3.8, 4) is 0 Å². The summed E-state index contributed by atoms with van der Waals surface area (Å²) in [7, 11) is -13.8. The highest BCUT2D eigenvalue weighted by atomic mass is 32.2. The Bertz CT molecular complexity index is 2270. The van der Waals surface area contributed by atoms with Crippen LogP contribution in [-0.4, -0.2) is 67.1 Å². The van der Waals surface area contributed by atoms with Crippen LogP contribution < -0.4 is 0 Å². The minimum Gasteiger partial charge on any atom is -0.282 e. The van der Waals surface area contributed by atoms with E-state index in [1.807, 2.05) is 0 Å². The molecule has 18 heteroatoms. The second-order valence-electron chi connectivity index (χ2n) is 8.62. The van der Waals surface area contributed by atoms with E-state index in [9.17, 15) is 38.9 Å². The van der Waals surface area contributed by atoms with E-state index in [4.69, 9.17) is 0 Å². The van der Waals surface area contributed by atoms with Gasteiger partial charge < -0.3 is 0 Å². The lowest BCUT2D eigenvalue weighted by atomic mass is 10.3. The van der Waals surface area contributed by atoms with Gasteiger partial charge in [-0.2, -0.15) is 25.3 Å². The Labute approximate surface area is 216 Å². The second-order valence-corrected chi connectivity index (χ2v) is 12.9. The fourth-order valence-corrected chi connectivity index (χ4v) is 6.15. The predicted octanol–water partition coefficient (Wildman–Crippen LogP) is 1.83. The Kier molecular flexibility index (Phi) is 4.44. The maximum absolute atomic E-state index is 11.9. The van der Waals surface area contributed by atoms with Gasteiger partial charge >= 0.3 is 0 Å². The maximum atomic E-state index is 11.9. The van der Waals surface area contributed by atoms with Crippen molar-refractivity contribution in [2.24, 2.45) is 0 Å². The third-order valence-corrected chi connectivity index (χ3v) is 8.87. The Morgan fingerprint density at radius 3 is 0.949 bits per heavy atom. The van der Waals surface area contributed by atoms with Crippen molar-refractivity contribution < 1.29 is 38.9 Å². The average Bonchev–Trinajstić information content (AvgIpc) is 3.51. The summed E-state index contributed by atoms with van der Waals surface area (Å²) in [5.74, 6) is 0.334. The van der Waals surface area contributed by atoms with E-state index in [0.29, 0.717) is 0 Å². The molecule has 0 saturated heterocycles. The molecule has 15 nitrogen and oxygen atoms in total. The van der Waals surface area contributed by atoms with E-state index >= 15 is 0 Å². The van der Waals surface area contributed by atoms with Crippen molar-refractivity contribution >= 4 is 80.8 Å². The molecular weight excluding hydrogens is 576 g/mol. The van der Waals surface area contributed by atoms with Gasteiger partial charge in [-0.05, 0) is 54.6 Å². The van der Waals surface area contributed by atoms with Gasteiger partial charge in [0.1, 0.15) is 0 Å². The zero-order valence-corrected chi connectivity index (χ0v) is 21.3. The average molecular weight is 589 g/mol. The Morgan fingerprint density at radius 2 is 0.718 bits per heavy atom. The molecule has 0 unspecified atom stereocenters. The van der Waals surface area contributed by atoms with Gasteiger partial charge in [-0.25, -0.2) is 28.2 Å². The van der Waals surface area contributed by atoms with Crippen molar-refractivity contribution in [3.05, 3.63) is 54.6 Å². The van der Waals surface area contributed by atoms with E-state index in [2.05, 4.69) is 15.0 Å². The third-order valence-electron chi connectivity index (χ3n) is 6.32. The van der Waals surface area contributed by atoms with Crippen LogP contribution in [0.4, 0.5) is 0 Å². The van der Waals surface area contributed by atoms with Crippen molar-refractivity contribution in [1.82, 2.24) is 28.2 Å². The first-order valence-electron chi connectivity index (χ1n) is 10.7. The smallest absolute Gasteiger partial charge is 0.282 e. The SMILES string of the molecule is O=S(=O)(O)c1ccc2nc3n(c2c1)c1nc2ccc(S(=O)(=O)O)cc2n1c1nc2ccc(S(=O)(=O)O)cc2n31. The number of fused-ring (bicyclic) bond motifs is 12. The van der Waals surface area contributed by atoms with Gasteiger partial charge in [0.25, 0.3) is 30.4 Å². The van der Waals surface area contributed by atoms with Gasteiger partial charge in [0.05, 0.1) is 47.8 Å². The van der Waals surface area contributed by atoms with E-state index in [0.717, 1.165) is 18.2 Å². The van der Waals surface area contributed by atoms with Crippen molar-refractivity contribution in [1.29, 1.82) is 0 Å². The normalized spacial score (nSPS) is 13.6. The maximum Gasteiger partial charge on any atom is 0.294 e. The summed E-state index contributed by atoms with van der Waals surface area (Å²) >= 11 is 0. The molecule has 7 rings (SSSR count). The summed E-state index contributed by atoms with van der Waals surface area (Å²) in [5, 5.41) is 0. The molecule has 0 spiro atoms. The zero-order chi connectivity index (χ0) is 27.6. The fourth-order valence-electron chi connectivity index (χ4n) is 4.65. The molecule has 0 aliphatic rings. The van der Waals surface area contributed by atoms with Crippen molar-refractivity contribution in [2.75, 3.05) is 0 Å². The first kappa shape index (κ1) is 23.9. The van der Waals surface area contributed by atoms with Gasteiger partial charge in [-0.15, -0.1) is 0 Å². The number of aromatic nitrogens is 6. The van der Waals surface area contributed by atoms with Crippen LogP contribution in [-0.2, 0) is 30.4 Å². The molecule has 198 valence electrons. The molecule has 7 aromatic rings. The lowest BCUT2D eigenvalue weighted by molar-refractivity contribution is 0.481. The first-order chi connectivity index (χ1) is 18.2. The van der Waals surface area contributed by atoms with Crippen LogP contribution in [0.5, 0.6) is 0 Å². The third kappa shape index (κ3) is 3.36. The lowest BCUT2D eigenvalue weighted by Crippen LogP contribution is -2.05. The van der Waals surface area contributed by atoms with E-state index < -0.39 is 45.0 Å². The molecule has 0 fully saturated rings. The second kappa shape index (κ2) is 7.25. The van der Waals surface area contributed by atoms with Gasteiger partial charge in [0.15, 0.2) is 0 Å². The highest BCUT2D eigenvalue weighted by Gasteiger charge is 2.24. The number of nitrogens with zero attached hydrogens (tertiary/aromatic N) is 6. The van der Waals surface area contributed by atoms with E-state index in [1.165, 1.54) is 49.6 Å². The molecule has 4 heterocycles. The number of imidazole rings is 3. The molecule has 39 heavy (non-hydrogen) atoms. The van der Waals surface area contributed by atoms with Crippen LogP contribution in [0.15, 0.2) is 69.3 Å². The summed E-state index contributed by atoms with van der Waals surface area (Å²) in [5.41, 5.74) is 1.38. The Balaban J connectivity index is 1.80. The first-order valence-corrected chi connectivity index (χ1v) is 15.0. The minimum absolute atomic E-state index is 0.111. The molecule has 3 N–H and O–H groups in total. The van der Waals surface area contributed by atoms with Gasteiger partial charge in [-0.3, -0.25) is 13.7 Å². The predicted molar refractivity (Wildman–Crippen MR) is 135 cm³/mol. The minimum atomic E-state index is -4.61. The number of benzene rings is 3. The molecule has 0 aliphatic carbocycles. The fraction of sp³-hybridized carbons (Fsp3) is 0. The van der Waals surface area contributed by atoms with Gasteiger partial charge in [0, 0.05) is 0 Å². The Hall–Kier alpha value is -4.20. The Morgan fingerprint density at radius 1 is 0.462 bits per heavy atom. The molecular formula is C21H12N6O9S3. The largest absolute Gasteiger partial charge is 0.294 e. The summed E-state index contributed by atoms with van der Waals surface area (Å²) in [4.78, 5) is 12.4. The molecule has 4 aromatic heterocycles. The quantitative estimate of drug-likeness (QED) is 0.252. The molecule has 0 atom stereocenters. The standard InChI is InChI=1S/C21H12N6O9S3/c28-37(29,30)10-1-4-13-16(7-10)25-19(22-13)26-17-8-11(38(31,32)33)2-5-14(17)24-21(26)27-18-9-12(39(34,35)36)3-6-15(18)23-20(25)27/h1-9H,(H,28,29,30)(H,31,32,33)(H,34,35,36).